The van der Waals surface area contributed by atoms with E-state index >= 15 is 0 Å². The Kier molecular flexibility index (Phi) is 4.03. The summed E-state index contributed by atoms with van der Waals surface area (Å²) in [6.07, 6.45) is 3.83. The van der Waals surface area contributed by atoms with Crippen LogP contribution in [-0.2, 0) is 17.6 Å². The van der Waals surface area contributed by atoms with Crippen LogP contribution in [0.5, 0.6) is 0 Å². The fourth-order valence-corrected chi connectivity index (χ4v) is 3.49. The van der Waals surface area contributed by atoms with Gasteiger partial charge in [-0.3, -0.25) is 9.59 Å². The lowest BCUT2D eigenvalue weighted by atomic mass is 9.95. The van der Waals surface area contributed by atoms with E-state index < -0.39 is 11.8 Å². The molecule has 1 aliphatic rings. The molecule has 0 saturated carbocycles. The molecular formula is C11H13N5O2S. The molecule has 2 amide bonds. The molecule has 0 saturated heterocycles. The minimum atomic E-state index is -0.529. The van der Waals surface area contributed by atoms with Crippen LogP contribution in [0, 0.1) is 0 Å². The highest BCUT2D eigenvalue weighted by atomic mass is 32.1. The standard InChI is InChI=1S/C11H13N5O2S/c12-10(18)9-6-3-1-2-4-7(6)19-11(9)15-8(17)5-14-16-13/h1-5H2,(H2,12,18)(H,15,17). The van der Waals surface area contributed by atoms with Gasteiger partial charge < -0.3 is 11.1 Å². The number of amides is 2. The molecule has 19 heavy (non-hydrogen) atoms. The van der Waals surface area contributed by atoms with Gasteiger partial charge in [0, 0.05) is 9.79 Å². The van der Waals surface area contributed by atoms with Crippen molar-refractivity contribution in [1.29, 1.82) is 0 Å². The molecule has 0 atom stereocenters. The summed E-state index contributed by atoms with van der Waals surface area (Å²) < 4.78 is 0. The topological polar surface area (TPSA) is 121 Å². The summed E-state index contributed by atoms with van der Waals surface area (Å²) in [7, 11) is 0. The van der Waals surface area contributed by atoms with E-state index in [4.69, 9.17) is 11.3 Å². The maximum Gasteiger partial charge on any atom is 0.251 e. The second-order valence-corrected chi connectivity index (χ2v) is 5.32. The number of carbonyl (C=O) groups excluding carboxylic acids is 2. The predicted molar refractivity (Wildman–Crippen MR) is 72.1 cm³/mol. The molecule has 0 aromatic carbocycles. The van der Waals surface area contributed by atoms with Gasteiger partial charge in [0.2, 0.25) is 5.91 Å². The summed E-state index contributed by atoms with van der Waals surface area (Å²) in [6.45, 7) is -0.294. The Balaban J connectivity index is 2.29. The van der Waals surface area contributed by atoms with E-state index in [0.717, 1.165) is 36.1 Å². The monoisotopic (exact) mass is 279 g/mol. The molecule has 0 aliphatic heterocycles. The fourth-order valence-electron chi connectivity index (χ4n) is 2.18. The molecule has 0 spiro atoms. The number of nitrogens with one attached hydrogen (secondary N) is 1. The number of primary amides is 1. The summed E-state index contributed by atoms with van der Waals surface area (Å²) >= 11 is 1.38. The third kappa shape index (κ3) is 2.86. The van der Waals surface area contributed by atoms with Gasteiger partial charge in [0.15, 0.2) is 0 Å². The number of nitrogens with zero attached hydrogens (tertiary/aromatic N) is 3. The van der Waals surface area contributed by atoms with Gasteiger partial charge in [-0.25, -0.2) is 0 Å². The second-order valence-electron chi connectivity index (χ2n) is 4.22. The van der Waals surface area contributed by atoms with Crippen molar-refractivity contribution in [1.82, 2.24) is 0 Å². The van der Waals surface area contributed by atoms with Crippen LogP contribution in [0.3, 0.4) is 0 Å². The number of carbonyl (C=O) groups is 2. The maximum atomic E-state index is 11.5. The van der Waals surface area contributed by atoms with Crippen LogP contribution in [0.25, 0.3) is 10.4 Å². The highest BCUT2D eigenvalue weighted by molar-refractivity contribution is 7.17. The molecule has 8 heteroatoms. The van der Waals surface area contributed by atoms with E-state index in [0.29, 0.717) is 10.6 Å². The third-order valence-corrected chi connectivity index (χ3v) is 4.16. The van der Waals surface area contributed by atoms with Crippen molar-refractivity contribution in [3.63, 3.8) is 0 Å². The highest BCUT2D eigenvalue weighted by Gasteiger charge is 2.24. The number of aryl methyl sites for hydroxylation is 1. The third-order valence-electron chi connectivity index (χ3n) is 2.95. The fraction of sp³-hybridized carbons (Fsp3) is 0.455. The Morgan fingerprint density at radius 2 is 2.16 bits per heavy atom. The smallest absolute Gasteiger partial charge is 0.251 e. The summed E-state index contributed by atoms with van der Waals surface area (Å²) in [5.41, 5.74) is 14.9. The largest absolute Gasteiger partial charge is 0.365 e. The number of hydrogen-bond acceptors (Lipinski definition) is 4. The summed E-state index contributed by atoms with van der Waals surface area (Å²) in [5.74, 6) is -0.975. The number of anilines is 1. The Morgan fingerprint density at radius 1 is 1.42 bits per heavy atom. The van der Waals surface area contributed by atoms with Gasteiger partial charge in [0.25, 0.3) is 5.91 Å². The first-order valence-corrected chi connectivity index (χ1v) is 6.70. The lowest BCUT2D eigenvalue weighted by Gasteiger charge is -2.11. The molecule has 1 aromatic heterocycles. The number of nitrogens with two attached hydrogens (primary N) is 1. The zero-order chi connectivity index (χ0) is 13.8. The van der Waals surface area contributed by atoms with Crippen LogP contribution in [0.2, 0.25) is 0 Å². The number of hydrogen-bond donors (Lipinski definition) is 2. The number of azide groups is 1. The highest BCUT2D eigenvalue weighted by Crippen LogP contribution is 2.37. The zero-order valence-corrected chi connectivity index (χ0v) is 11.0. The molecule has 3 N–H and O–H groups in total. The molecule has 1 heterocycles. The summed E-state index contributed by atoms with van der Waals surface area (Å²) in [4.78, 5) is 26.7. The van der Waals surface area contributed by atoms with Crippen molar-refractivity contribution >= 4 is 28.2 Å². The minimum absolute atomic E-state index is 0.294. The average molecular weight is 279 g/mol. The molecule has 100 valence electrons. The zero-order valence-electron chi connectivity index (χ0n) is 10.2. The van der Waals surface area contributed by atoms with Crippen molar-refractivity contribution in [2.24, 2.45) is 10.8 Å². The lowest BCUT2D eigenvalue weighted by Crippen LogP contribution is -2.19. The van der Waals surface area contributed by atoms with E-state index in [1.807, 2.05) is 0 Å². The van der Waals surface area contributed by atoms with E-state index in [1.165, 1.54) is 11.3 Å². The van der Waals surface area contributed by atoms with Crippen LogP contribution >= 0.6 is 11.3 Å². The first kappa shape index (κ1) is 13.4. The van der Waals surface area contributed by atoms with Gasteiger partial charge in [-0.15, -0.1) is 11.3 Å². The number of rotatable bonds is 4. The first-order chi connectivity index (χ1) is 9.13. The van der Waals surface area contributed by atoms with Gasteiger partial charge in [-0.1, -0.05) is 5.11 Å². The molecule has 1 aliphatic carbocycles. The van der Waals surface area contributed by atoms with Crippen molar-refractivity contribution in [2.45, 2.75) is 25.7 Å². The quantitative estimate of drug-likeness (QED) is 0.497. The van der Waals surface area contributed by atoms with E-state index in [1.54, 1.807) is 0 Å². The number of fused-ring (bicyclic) bond motifs is 1. The van der Waals surface area contributed by atoms with Crippen molar-refractivity contribution in [3.05, 3.63) is 26.4 Å². The second kappa shape index (κ2) is 5.73. The Labute approximate surface area is 113 Å². The first-order valence-electron chi connectivity index (χ1n) is 5.88. The number of thiophene rings is 1. The van der Waals surface area contributed by atoms with Crippen LogP contribution in [0.1, 0.15) is 33.6 Å². The van der Waals surface area contributed by atoms with Crippen LogP contribution in [-0.4, -0.2) is 18.4 Å². The van der Waals surface area contributed by atoms with E-state index in [2.05, 4.69) is 15.3 Å². The Morgan fingerprint density at radius 3 is 2.84 bits per heavy atom. The molecule has 0 unspecified atom stereocenters. The molecule has 2 rings (SSSR count). The average Bonchev–Trinajstić information content (AvgIpc) is 2.74. The van der Waals surface area contributed by atoms with Gasteiger partial charge in [0.1, 0.15) is 11.5 Å². The summed E-state index contributed by atoms with van der Waals surface area (Å²) in [5, 5.41) is 6.25. The van der Waals surface area contributed by atoms with Gasteiger partial charge >= 0.3 is 0 Å². The van der Waals surface area contributed by atoms with Gasteiger partial charge in [0.05, 0.1) is 5.56 Å². The molecule has 0 radical (unpaired) electrons. The lowest BCUT2D eigenvalue weighted by molar-refractivity contribution is -0.114. The summed E-state index contributed by atoms with van der Waals surface area (Å²) in [6, 6.07) is 0. The SMILES string of the molecule is [N-]=[N+]=NCC(=O)Nc1sc2c(c1C(N)=O)CCCC2. The molecule has 1 aromatic rings. The van der Waals surface area contributed by atoms with Gasteiger partial charge in [-0.2, -0.15) is 0 Å². The van der Waals surface area contributed by atoms with E-state index in [9.17, 15) is 9.59 Å². The minimum Gasteiger partial charge on any atom is -0.365 e. The Bertz CT molecular complexity index is 574. The Hall–Kier alpha value is -2.05. The molecule has 7 nitrogen and oxygen atoms in total. The molecular weight excluding hydrogens is 266 g/mol. The van der Waals surface area contributed by atoms with Crippen LogP contribution < -0.4 is 11.1 Å². The predicted octanol–water partition coefficient (Wildman–Crippen LogP) is 1.97. The molecule has 0 bridgehead atoms. The molecule has 0 fully saturated rings. The normalized spacial score (nSPS) is 13.3. The van der Waals surface area contributed by atoms with Crippen molar-refractivity contribution in [3.8, 4) is 0 Å². The maximum absolute atomic E-state index is 11.5. The van der Waals surface area contributed by atoms with E-state index in [-0.39, 0.29) is 6.54 Å². The van der Waals surface area contributed by atoms with Crippen molar-refractivity contribution in [2.75, 3.05) is 11.9 Å². The van der Waals surface area contributed by atoms with Crippen LogP contribution in [0.4, 0.5) is 5.00 Å². The van der Waals surface area contributed by atoms with Crippen LogP contribution in [0.15, 0.2) is 5.11 Å². The van der Waals surface area contributed by atoms with Gasteiger partial charge in [-0.05, 0) is 36.8 Å². The van der Waals surface area contributed by atoms with Crippen molar-refractivity contribution < 1.29 is 9.59 Å².